The molecule has 0 spiro atoms. The molecule has 0 aliphatic rings. The van der Waals surface area contributed by atoms with Crippen LogP contribution >= 0.6 is 11.6 Å². The molecule has 0 amide bonds. The molecule has 1 atom stereocenters. The van der Waals surface area contributed by atoms with Gasteiger partial charge in [0, 0.05) is 10.6 Å². The number of halogens is 1. The number of benzene rings is 1. The zero-order valence-electron chi connectivity index (χ0n) is 11.7. The summed E-state index contributed by atoms with van der Waals surface area (Å²) in [5.41, 5.74) is -0.157. The Morgan fingerprint density at radius 1 is 1.38 bits per heavy atom. The summed E-state index contributed by atoms with van der Waals surface area (Å²) >= 11 is 5.85. The third kappa shape index (κ3) is 3.40. The van der Waals surface area contributed by atoms with Crippen molar-refractivity contribution < 1.29 is 15.0 Å². The normalized spacial score (nSPS) is 13.9. The zero-order valence-corrected chi connectivity index (χ0v) is 12.5. The topological polar surface area (TPSA) is 88.2 Å². The molecule has 2 N–H and O–H groups in total. The van der Waals surface area contributed by atoms with Crippen LogP contribution in [-0.2, 0) is 6.54 Å². The van der Waals surface area contributed by atoms with E-state index in [1.807, 2.05) is 6.92 Å². The monoisotopic (exact) mass is 309 g/mol. The highest BCUT2D eigenvalue weighted by molar-refractivity contribution is 6.30. The van der Waals surface area contributed by atoms with Gasteiger partial charge in [-0.05, 0) is 25.5 Å². The van der Waals surface area contributed by atoms with Crippen molar-refractivity contribution in [2.45, 2.75) is 32.4 Å². The second kappa shape index (κ2) is 5.83. The van der Waals surface area contributed by atoms with Crippen molar-refractivity contribution in [3.8, 4) is 11.3 Å². The average molecular weight is 310 g/mol. The van der Waals surface area contributed by atoms with Gasteiger partial charge in [0.2, 0.25) is 0 Å². The second-order valence-electron chi connectivity index (χ2n) is 5.11. The molecule has 0 aliphatic carbocycles. The molecular formula is C14H16ClN3O3. The molecule has 1 aromatic carbocycles. The summed E-state index contributed by atoms with van der Waals surface area (Å²) in [4.78, 5) is 11.3. The highest BCUT2D eigenvalue weighted by Gasteiger charge is 2.25. The number of carbonyl (C=O) groups is 1. The molecule has 0 radical (unpaired) electrons. The molecule has 0 saturated heterocycles. The van der Waals surface area contributed by atoms with Crippen LogP contribution in [0.1, 0.15) is 30.8 Å². The summed E-state index contributed by atoms with van der Waals surface area (Å²) in [6.45, 7) is 3.67. The minimum absolute atomic E-state index is 0.149. The maximum Gasteiger partial charge on any atom is 0.358 e. The lowest BCUT2D eigenvalue weighted by Crippen LogP contribution is -2.30. The zero-order chi connectivity index (χ0) is 15.6. The van der Waals surface area contributed by atoms with Crippen molar-refractivity contribution in [2.24, 2.45) is 0 Å². The van der Waals surface area contributed by atoms with Gasteiger partial charge in [-0.1, -0.05) is 35.9 Å². The summed E-state index contributed by atoms with van der Waals surface area (Å²) < 4.78 is 1.41. The summed E-state index contributed by atoms with van der Waals surface area (Å²) in [7, 11) is 0. The van der Waals surface area contributed by atoms with Gasteiger partial charge in [-0.3, -0.25) is 0 Å². The van der Waals surface area contributed by atoms with E-state index in [9.17, 15) is 15.0 Å². The molecule has 112 valence electrons. The summed E-state index contributed by atoms with van der Waals surface area (Å²) in [6.07, 6.45) is 0.509. The molecule has 1 aromatic heterocycles. The minimum atomic E-state index is -1.16. The van der Waals surface area contributed by atoms with Crippen molar-refractivity contribution in [2.75, 3.05) is 0 Å². The summed E-state index contributed by atoms with van der Waals surface area (Å²) in [6, 6.07) is 6.73. The Labute approximate surface area is 127 Å². The van der Waals surface area contributed by atoms with Crippen LogP contribution in [0.2, 0.25) is 5.02 Å². The van der Waals surface area contributed by atoms with E-state index in [0.29, 0.717) is 22.7 Å². The minimum Gasteiger partial charge on any atom is -0.476 e. The van der Waals surface area contributed by atoms with Gasteiger partial charge in [0.25, 0.3) is 0 Å². The van der Waals surface area contributed by atoms with Crippen molar-refractivity contribution in [3.05, 3.63) is 35.0 Å². The first-order valence-electron chi connectivity index (χ1n) is 6.49. The Morgan fingerprint density at radius 2 is 2.00 bits per heavy atom. The van der Waals surface area contributed by atoms with Gasteiger partial charge in [0.1, 0.15) is 5.69 Å². The van der Waals surface area contributed by atoms with E-state index < -0.39 is 11.6 Å². The number of nitrogens with zero attached hydrogens (tertiary/aromatic N) is 3. The third-order valence-electron chi connectivity index (χ3n) is 3.31. The number of carboxylic acids is 1. The molecule has 2 aromatic rings. The first-order valence-corrected chi connectivity index (χ1v) is 6.87. The van der Waals surface area contributed by atoms with Crippen molar-refractivity contribution >= 4 is 17.6 Å². The highest BCUT2D eigenvalue weighted by atomic mass is 35.5. The highest BCUT2D eigenvalue weighted by Crippen LogP contribution is 2.26. The van der Waals surface area contributed by atoms with Crippen LogP contribution < -0.4 is 0 Å². The molecule has 0 bridgehead atoms. The van der Waals surface area contributed by atoms with Crippen molar-refractivity contribution in [1.82, 2.24) is 15.0 Å². The molecule has 0 saturated carbocycles. The SMILES string of the molecule is CCC(C)(O)Cn1nnc(C(=O)O)c1-c1ccc(Cl)cc1. The molecule has 0 aliphatic heterocycles. The van der Waals surface area contributed by atoms with Crippen LogP contribution in [0, 0.1) is 0 Å². The Bertz CT molecular complexity index is 650. The van der Waals surface area contributed by atoms with E-state index in [-0.39, 0.29) is 12.2 Å². The maximum absolute atomic E-state index is 11.3. The fourth-order valence-electron chi connectivity index (χ4n) is 1.90. The lowest BCUT2D eigenvalue weighted by Gasteiger charge is -2.21. The van der Waals surface area contributed by atoms with Crippen molar-refractivity contribution in [1.29, 1.82) is 0 Å². The van der Waals surface area contributed by atoms with E-state index in [1.165, 1.54) is 4.68 Å². The van der Waals surface area contributed by atoms with Crippen LogP contribution in [-0.4, -0.2) is 36.8 Å². The number of rotatable bonds is 5. The average Bonchev–Trinajstić information content (AvgIpc) is 2.83. The summed E-state index contributed by atoms with van der Waals surface area (Å²) in [5, 5.41) is 27.5. The second-order valence-corrected chi connectivity index (χ2v) is 5.54. The van der Waals surface area contributed by atoms with Gasteiger partial charge in [-0.2, -0.15) is 0 Å². The molecule has 1 unspecified atom stereocenters. The Kier molecular flexibility index (Phi) is 4.29. The van der Waals surface area contributed by atoms with Crippen LogP contribution in [0.25, 0.3) is 11.3 Å². The Morgan fingerprint density at radius 3 is 2.52 bits per heavy atom. The van der Waals surface area contributed by atoms with E-state index in [1.54, 1.807) is 31.2 Å². The summed E-state index contributed by atoms with van der Waals surface area (Å²) in [5.74, 6) is -1.16. The maximum atomic E-state index is 11.3. The molecule has 0 fully saturated rings. The van der Waals surface area contributed by atoms with Crippen LogP contribution in [0.15, 0.2) is 24.3 Å². The quantitative estimate of drug-likeness (QED) is 0.885. The van der Waals surface area contributed by atoms with Crippen LogP contribution in [0.3, 0.4) is 0 Å². The fourth-order valence-corrected chi connectivity index (χ4v) is 2.02. The first kappa shape index (κ1) is 15.5. The van der Waals surface area contributed by atoms with Gasteiger partial charge in [-0.15, -0.1) is 5.10 Å². The van der Waals surface area contributed by atoms with Crippen molar-refractivity contribution in [3.63, 3.8) is 0 Å². The lowest BCUT2D eigenvalue weighted by atomic mass is 10.0. The van der Waals surface area contributed by atoms with E-state index in [4.69, 9.17) is 11.6 Å². The molecular weight excluding hydrogens is 294 g/mol. The number of carboxylic acid groups (broad SMARTS) is 1. The molecule has 2 rings (SSSR count). The Balaban J connectivity index is 2.52. The smallest absolute Gasteiger partial charge is 0.358 e. The van der Waals surface area contributed by atoms with Gasteiger partial charge < -0.3 is 10.2 Å². The molecule has 6 nitrogen and oxygen atoms in total. The largest absolute Gasteiger partial charge is 0.476 e. The van der Waals surface area contributed by atoms with Gasteiger partial charge >= 0.3 is 5.97 Å². The number of hydrogen-bond acceptors (Lipinski definition) is 4. The van der Waals surface area contributed by atoms with E-state index in [0.717, 1.165) is 0 Å². The van der Waals surface area contributed by atoms with Crippen LogP contribution in [0.5, 0.6) is 0 Å². The number of aromatic carboxylic acids is 1. The lowest BCUT2D eigenvalue weighted by molar-refractivity contribution is 0.0344. The van der Waals surface area contributed by atoms with Gasteiger partial charge in [0.05, 0.1) is 12.1 Å². The predicted molar refractivity (Wildman–Crippen MR) is 78.3 cm³/mol. The Hall–Kier alpha value is -1.92. The van der Waals surface area contributed by atoms with Gasteiger partial charge in [0.15, 0.2) is 5.69 Å². The third-order valence-corrected chi connectivity index (χ3v) is 3.56. The molecule has 21 heavy (non-hydrogen) atoms. The standard InChI is InChI=1S/C14H16ClN3O3/c1-3-14(2,21)8-18-12(11(13(19)20)16-17-18)9-4-6-10(15)7-5-9/h4-7,21H,3,8H2,1-2H3,(H,19,20). The molecule has 7 heteroatoms. The number of aromatic nitrogens is 3. The van der Waals surface area contributed by atoms with E-state index >= 15 is 0 Å². The van der Waals surface area contributed by atoms with Gasteiger partial charge in [-0.25, -0.2) is 9.48 Å². The van der Waals surface area contributed by atoms with E-state index in [2.05, 4.69) is 10.3 Å². The fraction of sp³-hybridized carbons (Fsp3) is 0.357. The molecule has 1 heterocycles. The number of hydrogen-bond donors (Lipinski definition) is 2. The van der Waals surface area contributed by atoms with Crippen LogP contribution in [0.4, 0.5) is 0 Å². The predicted octanol–water partition coefficient (Wildman–Crippen LogP) is 2.46. The number of aliphatic hydroxyl groups is 1. The first-order chi connectivity index (χ1) is 9.84.